The second-order valence-corrected chi connectivity index (χ2v) is 3.86. The van der Waals surface area contributed by atoms with Crippen LogP contribution in [-0.2, 0) is 6.54 Å². The fourth-order valence-corrected chi connectivity index (χ4v) is 1.51. The number of hydrogen-bond donors (Lipinski definition) is 2. The first-order valence-corrected chi connectivity index (χ1v) is 5.50. The Morgan fingerprint density at radius 2 is 2.05 bits per heavy atom. The van der Waals surface area contributed by atoms with E-state index in [1.54, 1.807) is 24.4 Å². The Hall–Kier alpha value is -2.50. The fourth-order valence-electron chi connectivity index (χ4n) is 1.51. The first-order valence-electron chi connectivity index (χ1n) is 5.50. The van der Waals surface area contributed by atoms with Gasteiger partial charge < -0.3 is 11.1 Å². The lowest BCUT2D eigenvalue weighted by molar-refractivity contribution is 0.0946. The van der Waals surface area contributed by atoms with Gasteiger partial charge in [-0.2, -0.15) is 0 Å². The molecule has 0 spiro atoms. The van der Waals surface area contributed by atoms with Crippen molar-refractivity contribution in [3.05, 3.63) is 59.4 Å². The van der Waals surface area contributed by atoms with Crippen LogP contribution in [0.2, 0.25) is 0 Å². The van der Waals surface area contributed by atoms with E-state index in [1.807, 2.05) is 0 Å². The molecule has 0 radical (unpaired) electrons. The predicted molar refractivity (Wildman–Crippen MR) is 66.2 cm³/mol. The second kappa shape index (κ2) is 5.43. The van der Waals surface area contributed by atoms with Gasteiger partial charge in [0.05, 0.1) is 23.5 Å². The van der Waals surface area contributed by atoms with Gasteiger partial charge in [0.15, 0.2) is 0 Å². The molecular weight excluding hydrogens is 252 g/mol. The van der Waals surface area contributed by atoms with Crippen LogP contribution >= 0.6 is 0 Å². The van der Waals surface area contributed by atoms with Crippen LogP contribution in [0, 0.1) is 11.6 Å². The number of nitrogens with two attached hydrogens (primary N) is 1. The molecule has 2 aromatic rings. The number of rotatable bonds is 3. The van der Waals surface area contributed by atoms with Gasteiger partial charge in [-0.25, -0.2) is 8.78 Å². The van der Waals surface area contributed by atoms with E-state index >= 15 is 0 Å². The molecular formula is C13H11F2N3O. The molecule has 0 aliphatic heterocycles. The predicted octanol–water partition coefficient (Wildman–Crippen LogP) is 1.87. The van der Waals surface area contributed by atoms with Gasteiger partial charge in [0.1, 0.15) is 11.6 Å². The molecule has 0 fully saturated rings. The molecule has 4 nitrogen and oxygen atoms in total. The van der Waals surface area contributed by atoms with Gasteiger partial charge >= 0.3 is 0 Å². The molecule has 0 unspecified atom stereocenters. The number of aromatic nitrogens is 1. The zero-order valence-corrected chi connectivity index (χ0v) is 9.86. The van der Waals surface area contributed by atoms with Crippen molar-refractivity contribution in [2.75, 3.05) is 5.73 Å². The minimum Gasteiger partial charge on any atom is -0.396 e. The van der Waals surface area contributed by atoms with Crippen molar-refractivity contribution in [1.82, 2.24) is 10.3 Å². The molecule has 0 saturated carbocycles. The van der Waals surface area contributed by atoms with Crippen LogP contribution in [0.1, 0.15) is 16.1 Å². The number of nitrogens with zero attached hydrogens (tertiary/aromatic N) is 1. The third-order valence-electron chi connectivity index (χ3n) is 2.49. The maximum atomic E-state index is 13.4. The summed E-state index contributed by atoms with van der Waals surface area (Å²) in [6.07, 6.45) is 1.58. The molecule has 6 heteroatoms. The lowest BCUT2D eigenvalue weighted by Gasteiger charge is -2.07. The minimum absolute atomic E-state index is 0.149. The molecule has 19 heavy (non-hydrogen) atoms. The van der Waals surface area contributed by atoms with Crippen molar-refractivity contribution < 1.29 is 13.6 Å². The van der Waals surface area contributed by atoms with Gasteiger partial charge in [0.2, 0.25) is 0 Å². The fraction of sp³-hybridized carbons (Fsp3) is 0.0769. The molecule has 98 valence electrons. The SMILES string of the molecule is Nc1cc(C(=O)NCc2ccccn2)c(F)cc1F. The van der Waals surface area contributed by atoms with Crippen molar-refractivity contribution in [2.45, 2.75) is 6.54 Å². The van der Waals surface area contributed by atoms with Gasteiger partial charge in [-0.15, -0.1) is 0 Å². The molecule has 0 aliphatic rings. The summed E-state index contributed by atoms with van der Waals surface area (Å²) in [6.45, 7) is 0.149. The highest BCUT2D eigenvalue weighted by Gasteiger charge is 2.14. The van der Waals surface area contributed by atoms with Gasteiger partial charge in [-0.3, -0.25) is 9.78 Å². The first-order chi connectivity index (χ1) is 9.08. The van der Waals surface area contributed by atoms with E-state index in [-0.39, 0.29) is 17.8 Å². The van der Waals surface area contributed by atoms with Crippen LogP contribution in [0.15, 0.2) is 36.5 Å². The lowest BCUT2D eigenvalue weighted by atomic mass is 10.1. The minimum atomic E-state index is -0.953. The van der Waals surface area contributed by atoms with Crippen molar-refractivity contribution in [3.8, 4) is 0 Å². The number of anilines is 1. The summed E-state index contributed by atoms with van der Waals surface area (Å²) in [5.41, 5.74) is 5.36. The highest BCUT2D eigenvalue weighted by molar-refractivity contribution is 5.95. The Morgan fingerprint density at radius 1 is 1.26 bits per heavy atom. The number of nitrogens with one attached hydrogen (secondary N) is 1. The van der Waals surface area contributed by atoms with E-state index < -0.39 is 17.5 Å². The summed E-state index contributed by atoms with van der Waals surface area (Å²) in [4.78, 5) is 15.8. The maximum Gasteiger partial charge on any atom is 0.254 e. The molecule has 1 aromatic heterocycles. The molecule has 1 aromatic carbocycles. The van der Waals surface area contributed by atoms with Crippen LogP contribution in [-0.4, -0.2) is 10.9 Å². The first kappa shape index (κ1) is 12.9. The number of halogens is 2. The molecule has 1 amide bonds. The smallest absolute Gasteiger partial charge is 0.254 e. The molecule has 0 atom stereocenters. The van der Waals surface area contributed by atoms with Gasteiger partial charge in [-0.05, 0) is 18.2 Å². The number of amides is 1. The van der Waals surface area contributed by atoms with Crippen molar-refractivity contribution in [1.29, 1.82) is 0 Å². The third-order valence-corrected chi connectivity index (χ3v) is 2.49. The summed E-state index contributed by atoms with van der Waals surface area (Å²) >= 11 is 0. The van der Waals surface area contributed by atoms with Crippen LogP contribution in [0.4, 0.5) is 14.5 Å². The van der Waals surface area contributed by atoms with Crippen molar-refractivity contribution >= 4 is 11.6 Å². The van der Waals surface area contributed by atoms with Crippen molar-refractivity contribution in [2.24, 2.45) is 0 Å². The molecule has 0 aliphatic carbocycles. The Morgan fingerprint density at radius 3 is 2.74 bits per heavy atom. The lowest BCUT2D eigenvalue weighted by Crippen LogP contribution is -2.24. The number of hydrogen-bond acceptors (Lipinski definition) is 3. The number of pyridine rings is 1. The van der Waals surface area contributed by atoms with Crippen LogP contribution < -0.4 is 11.1 Å². The van der Waals surface area contributed by atoms with E-state index in [2.05, 4.69) is 10.3 Å². The Bertz CT molecular complexity index is 602. The number of nitrogen functional groups attached to an aromatic ring is 1. The molecule has 0 bridgehead atoms. The van der Waals surface area contributed by atoms with E-state index in [1.165, 1.54) is 0 Å². The average molecular weight is 263 g/mol. The second-order valence-electron chi connectivity index (χ2n) is 3.86. The Labute approximate surface area is 108 Å². The number of carbonyl (C=O) groups excluding carboxylic acids is 1. The largest absolute Gasteiger partial charge is 0.396 e. The number of carbonyl (C=O) groups is 1. The maximum absolute atomic E-state index is 13.4. The summed E-state index contributed by atoms with van der Waals surface area (Å²) in [6, 6.07) is 6.79. The van der Waals surface area contributed by atoms with Gasteiger partial charge in [0.25, 0.3) is 5.91 Å². The topological polar surface area (TPSA) is 68.0 Å². The van der Waals surface area contributed by atoms with E-state index in [9.17, 15) is 13.6 Å². The summed E-state index contributed by atoms with van der Waals surface area (Å²) in [7, 11) is 0. The van der Waals surface area contributed by atoms with E-state index in [0.717, 1.165) is 6.07 Å². The third kappa shape index (κ3) is 3.04. The summed E-state index contributed by atoms with van der Waals surface area (Å²) in [5, 5.41) is 2.48. The normalized spacial score (nSPS) is 10.2. The van der Waals surface area contributed by atoms with Crippen molar-refractivity contribution in [3.63, 3.8) is 0 Å². The van der Waals surface area contributed by atoms with Gasteiger partial charge in [-0.1, -0.05) is 6.07 Å². The Kier molecular flexibility index (Phi) is 3.70. The van der Waals surface area contributed by atoms with E-state index in [4.69, 9.17) is 5.73 Å². The van der Waals surface area contributed by atoms with Crippen LogP contribution in [0.5, 0.6) is 0 Å². The quantitative estimate of drug-likeness (QED) is 0.831. The summed E-state index contributed by atoms with van der Waals surface area (Å²) in [5.74, 6) is -2.51. The number of benzene rings is 1. The zero-order valence-electron chi connectivity index (χ0n) is 9.86. The van der Waals surface area contributed by atoms with Crippen LogP contribution in [0.25, 0.3) is 0 Å². The monoisotopic (exact) mass is 263 g/mol. The highest BCUT2D eigenvalue weighted by atomic mass is 19.1. The molecule has 3 N–H and O–H groups in total. The van der Waals surface area contributed by atoms with Gasteiger partial charge in [0, 0.05) is 12.3 Å². The molecule has 2 rings (SSSR count). The molecule has 0 saturated heterocycles. The standard InChI is InChI=1S/C13H11F2N3O/c14-10-6-11(15)12(16)5-9(10)13(19)18-7-8-3-1-2-4-17-8/h1-6H,7,16H2,(H,18,19). The zero-order chi connectivity index (χ0) is 13.8. The average Bonchev–Trinajstić information content (AvgIpc) is 2.41. The highest BCUT2D eigenvalue weighted by Crippen LogP contribution is 2.16. The van der Waals surface area contributed by atoms with E-state index in [0.29, 0.717) is 11.8 Å². The summed E-state index contributed by atoms with van der Waals surface area (Å²) < 4.78 is 26.4. The molecule has 1 heterocycles. The van der Waals surface area contributed by atoms with Crippen LogP contribution in [0.3, 0.4) is 0 Å². The Balaban J connectivity index is 2.10.